The minimum absolute atomic E-state index is 0.294. The van der Waals surface area contributed by atoms with Crippen LogP contribution in [0.2, 0.25) is 0 Å². The van der Waals surface area contributed by atoms with Crippen LogP contribution in [0.1, 0.15) is 47.0 Å². The SMILES string of the molecule is CC1(C(=O)O)CCCCN1S(=O)(=O)C(C)(C)C. The molecule has 1 aliphatic heterocycles. The number of rotatable bonds is 2. The molecule has 1 aliphatic rings. The summed E-state index contributed by atoms with van der Waals surface area (Å²) in [4.78, 5) is 11.4. The van der Waals surface area contributed by atoms with Crippen LogP contribution in [-0.4, -0.2) is 40.6 Å². The van der Waals surface area contributed by atoms with Gasteiger partial charge in [0.2, 0.25) is 10.0 Å². The summed E-state index contributed by atoms with van der Waals surface area (Å²) in [5.74, 6) is -1.06. The highest BCUT2D eigenvalue weighted by molar-refractivity contribution is 7.90. The van der Waals surface area contributed by atoms with Crippen LogP contribution in [0.25, 0.3) is 0 Å². The fourth-order valence-electron chi connectivity index (χ4n) is 2.03. The van der Waals surface area contributed by atoms with E-state index in [0.717, 1.165) is 12.8 Å². The van der Waals surface area contributed by atoms with Crippen LogP contribution in [0.4, 0.5) is 0 Å². The largest absolute Gasteiger partial charge is 0.480 e. The highest BCUT2D eigenvalue weighted by Crippen LogP contribution is 2.34. The highest BCUT2D eigenvalue weighted by atomic mass is 32.2. The van der Waals surface area contributed by atoms with E-state index in [4.69, 9.17) is 0 Å². The summed E-state index contributed by atoms with van der Waals surface area (Å²) in [5, 5.41) is 9.29. The van der Waals surface area contributed by atoms with Gasteiger partial charge in [-0.15, -0.1) is 0 Å². The molecule has 1 N–H and O–H groups in total. The lowest BCUT2D eigenvalue weighted by Crippen LogP contribution is -2.60. The summed E-state index contributed by atoms with van der Waals surface area (Å²) in [6.45, 7) is 6.58. The van der Waals surface area contributed by atoms with Crippen LogP contribution >= 0.6 is 0 Å². The van der Waals surface area contributed by atoms with Crippen LogP contribution in [-0.2, 0) is 14.8 Å². The van der Waals surface area contributed by atoms with E-state index in [0.29, 0.717) is 13.0 Å². The van der Waals surface area contributed by atoms with Crippen molar-refractivity contribution in [2.24, 2.45) is 0 Å². The third-order valence-corrected chi connectivity index (χ3v) is 6.06. The van der Waals surface area contributed by atoms with Crippen molar-refractivity contribution in [3.05, 3.63) is 0 Å². The number of carboxylic acid groups (broad SMARTS) is 1. The molecule has 0 saturated carbocycles. The monoisotopic (exact) mass is 263 g/mol. The highest BCUT2D eigenvalue weighted by Gasteiger charge is 2.50. The molecule has 1 fully saturated rings. The number of hydrogen-bond acceptors (Lipinski definition) is 3. The summed E-state index contributed by atoms with van der Waals surface area (Å²) >= 11 is 0. The Morgan fingerprint density at radius 1 is 1.29 bits per heavy atom. The molecule has 1 unspecified atom stereocenters. The number of hydrogen-bond donors (Lipinski definition) is 1. The lowest BCUT2D eigenvalue weighted by molar-refractivity contribution is -0.149. The third-order valence-electron chi connectivity index (χ3n) is 3.35. The molecule has 1 atom stereocenters. The molecule has 0 aromatic heterocycles. The van der Waals surface area contributed by atoms with E-state index in [1.165, 1.54) is 11.2 Å². The first-order chi connectivity index (χ1) is 7.53. The standard InChI is InChI=1S/C11H21NO4S/c1-10(2,3)17(15,16)12-8-6-5-7-11(12,4)9(13)14/h5-8H2,1-4H3,(H,13,14). The van der Waals surface area contributed by atoms with Crippen LogP contribution < -0.4 is 0 Å². The maximum Gasteiger partial charge on any atom is 0.324 e. The zero-order valence-electron chi connectivity index (χ0n) is 10.9. The fraction of sp³-hybridized carbons (Fsp3) is 0.909. The predicted octanol–water partition coefficient (Wildman–Crippen LogP) is 1.44. The number of piperidine rings is 1. The van der Waals surface area contributed by atoms with Crippen molar-refractivity contribution in [3.63, 3.8) is 0 Å². The number of carboxylic acids is 1. The second-order valence-corrected chi connectivity index (χ2v) is 8.34. The molecule has 100 valence electrons. The second kappa shape index (κ2) is 4.24. The van der Waals surface area contributed by atoms with Crippen molar-refractivity contribution in [1.29, 1.82) is 0 Å². The summed E-state index contributed by atoms with van der Waals surface area (Å²) < 4.78 is 25.0. The lowest BCUT2D eigenvalue weighted by atomic mass is 9.91. The molecule has 1 rings (SSSR count). The quantitative estimate of drug-likeness (QED) is 0.818. The fourth-order valence-corrected chi connectivity index (χ4v) is 3.76. The van der Waals surface area contributed by atoms with Crippen molar-refractivity contribution < 1.29 is 18.3 Å². The average Bonchev–Trinajstić information content (AvgIpc) is 2.16. The minimum atomic E-state index is -3.60. The molecule has 6 heteroatoms. The predicted molar refractivity (Wildman–Crippen MR) is 65.3 cm³/mol. The molecule has 0 radical (unpaired) electrons. The van der Waals surface area contributed by atoms with Gasteiger partial charge in [-0.2, -0.15) is 4.31 Å². The van der Waals surface area contributed by atoms with Gasteiger partial charge in [0.1, 0.15) is 5.54 Å². The van der Waals surface area contributed by atoms with Crippen molar-refractivity contribution >= 4 is 16.0 Å². The van der Waals surface area contributed by atoms with E-state index < -0.39 is 26.3 Å². The van der Waals surface area contributed by atoms with Crippen LogP contribution in [0.15, 0.2) is 0 Å². The Morgan fingerprint density at radius 3 is 2.24 bits per heavy atom. The minimum Gasteiger partial charge on any atom is -0.480 e. The van der Waals surface area contributed by atoms with Gasteiger partial charge in [0.25, 0.3) is 0 Å². The van der Waals surface area contributed by atoms with Crippen molar-refractivity contribution in [3.8, 4) is 0 Å². The van der Waals surface area contributed by atoms with E-state index in [-0.39, 0.29) is 0 Å². The summed E-state index contributed by atoms with van der Waals surface area (Å²) in [6, 6.07) is 0. The number of sulfonamides is 1. The average molecular weight is 263 g/mol. The van der Waals surface area contributed by atoms with Gasteiger partial charge in [-0.1, -0.05) is 0 Å². The Labute approximate surface area is 103 Å². The maximum absolute atomic E-state index is 12.4. The van der Waals surface area contributed by atoms with Gasteiger partial charge in [-0.25, -0.2) is 8.42 Å². The van der Waals surface area contributed by atoms with Crippen LogP contribution in [0.3, 0.4) is 0 Å². The molecule has 0 aliphatic carbocycles. The smallest absolute Gasteiger partial charge is 0.324 e. The second-order valence-electron chi connectivity index (χ2n) is 5.73. The van der Waals surface area contributed by atoms with E-state index in [1.807, 2.05) is 0 Å². The first kappa shape index (κ1) is 14.4. The van der Waals surface area contributed by atoms with Gasteiger partial charge in [-0.3, -0.25) is 4.79 Å². The zero-order chi connectivity index (χ0) is 13.5. The van der Waals surface area contributed by atoms with Gasteiger partial charge in [-0.05, 0) is 47.0 Å². The molecule has 5 nitrogen and oxygen atoms in total. The topological polar surface area (TPSA) is 74.7 Å². The third kappa shape index (κ3) is 2.33. The van der Waals surface area contributed by atoms with Crippen molar-refractivity contribution in [2.75, 3.05) is 6.54 Å². The lowest BCUT2D eigenvalue weighted by Gasteiger charge is -2.43. The van der Waals surface area contributed by atoms with Crippen LogP contribution in [0, 0.1) is 0 Å². The number of nitrogens with zero attached hydrogens (tertiary/aromatic N) is 1. The molecule has 17 heavy (non-hydrogen) atoms. The van der Waals surface area contributed by atoms with Gasteiger partial charge in [0.15, 0.2) is 0 Å². The maximum atomic E-state index is 12.4. The van der Waals surface area contributed by atoms with Crippen LogP contribution in [0.5, 0.6) is 0 Å². The van der Waals surface area contributed by atoms with E-state index in [2.05, 4.69) is 0 Å². The van der Waals surface area contributed by atoms with Crippen molar-refractivity contribution in [2.45, 2.75) is 57.2 Å². The van der Waals surface area contributed by atoms with Crippen molar-refractivity contribution in [1.82, 2.24) is 4.31 Å². The molecule has 0 bridgehead atoms. The Kier molecular flexibility index (Phi) is 3.60. The normalized spacial score (nSPS) is 28.0. The Morgan fingerprint density at radius 2 is 1.82 bits per heavy atom. The molecule has 1 saturated heterocycles. The summed E-state index contributed by atoms with van der Waals surface area (Å²) in [5.41, 5.74) is -1.30. The molecular weight excluding hydrogens is 242 g/mol. The molecule has 0 amide bonds. The Bertz CT molecular complexity index is 410. The number of carbonyl (C=O) groups is 1. The van der Waals surface area contributed by atoms with Gasteiger partial charge in [0, 0.05) is 6.54 Å². The van der Waals surface area contributed by atoms with Gasteiger partial charge < -0.3 is 5.11 Å². The first-order valence-electron chi connectivity index (χ1n) is 5.79. The molecule has 0 aromatic rings. The van der Waals surface area contributed by atoms with Gasteiger partial charge in [0.05, 0.1) is 4.75 Å². The first-order valence-corrected chi connectivity index (χ1v) is 7.23. The van der Waals surface area contributed by atoms with E-state index in [1.54, 1.807) is 20.8 Å². The molecular formula is C11H21NO4S. The Hall–Kier alpha value is -0.620. The Balaban J connectivity index is 3.23. The molecule has 1 heterocycles. The van der Waals surface area contributed by atoms with E-state index >= 15 is 0 Å². The zero-order valence-corrected chi connectivity index (χ0v) is 11.7. The van der Waals surface area contributed by atoms with E-state index in [9.17, 15) is 18.3 Å². The van der Waals surface area contributed by atoms with Gasteiger partial charge >= 0.3 is 5.97 Å². The molecule has 0 aromatic carbocycles. The summed E-state index contributed by atoms with van der Waals surface area (Å²) in [6.07, 6.45) is 1.84. The molecule has 0 spiro atoms. The summed E-state index contributed by atoms with van der Waals surface area (Å²) in [7, 11) is -3.60. The number of aliphatic carboxylic acids is 1.